The summed E-state index contributed by atoms with van der Waals surface area (Å²) in [5.41, 5.74) is 5.60. The van der Waals surface area contributed by atoms with Crippen molar-refractivity contribution in [3.63, 3.8) is 0 Å². The standard InChI is InChI=1S/C26H27N7O3/c1-15(34)25(35)32-9-6-19(7-10-32)33-23-18(14-31(2)26(33)36)13-28-21-4-3-20(30-22(21)23)17-11-16-5-8-27-24(16)29-12-17/h3-5,8,11-13,15,19,34H,6-7,9-10,14H2,1-2H3,(H,27,29)/t15-/m0/s1. The second-order valence-electron chi connectivity index (χ2n) is 9.58. The number of hydrogen-bond donors (Lipinski definition) is 2. The predicted molar refractivity (Wildman–Crippen MR) is 135 cm³/mol. The molecule has 6 rings (SSSR count). The van der Waals surface area contributed by atoms with Crippen LogP contribution in [0.4, 0.5) is 10.5 Å². The number of aliphatic hydroxyl groups is 1. The molecule has 2 aliphatic heterocycles. The maximum absolute atomic E-state index is 13.5. The van der Waals surface area contributed by atoms with Gasteiger partial charge in [0.1, 0.15) is 17.3 Å². The topological polar surface area (TPSA) is 119 Å². The first kappa shape index (κ1) is 22.4. The van der Waals surface area contributed by atoms with Crippen molar-refractivity contribution in [2.45, 2.75) is 38.5 Å². The molecule has 1 atom stereocenters. The van der Waals surface area contributed by atoms with Crippen LogP contribution < -0.4 is 4.90 Å². The second-order valence-corrected chi connectivity index (χ2v) is 9.58. The summed E-state index contributed by atoms with van der Waals surface area (Å²) in [6.45, 7) is 2.91. The molecule has 3 amide bonds. The summed E-state index contributed by atoms with van der Waals surface area (Å²) in [5, 5.41) is 10.7. The van der Waals surface area contributed by atoms with E-state index in [-0.39, 0.29) is 18.0 Å². The van der Waals surface area contributed by atoms with Gasteiger partial charge in [0.05, 0.1) is 23.4 Å². The van der Waals surface area contributed by atoms with E-state index >= 15 is 0 Å². The fourth-order valence-corrected chi connectivity index (χ4v) is 5.27. The van der Waals surface area contributed by atoms with Crippen molar-refractivity contribution in [1.82, 2.24) is 29.7 Å². The first-order valence-electron chi connectivity index (χ1n) is 12.1. The highest BCUT2D eigenvalue weighted by Crippen LogP contribution is 2.38. The molecule has 2 N–H and O–H groups in total. The largest absolute Gasteiger partial charge is 0.384 e. The van der Waals surface area contributed by atoms with E-state index < -0.39 is 6.10 Å². The van der Waals surface area contributed by atoms with E-state index in [2.05, 4.69) is 15.0 Å². The van der Waals surface area contributed by atoms with Crippen LogP contribution in [0.1, 0.15) is 25.3 Å². The minimum Gasteiger partial charge on any atom is -0.384 e. The monoisotopic (exact) mass is 485 g/mol. The molecule has 0 unspecified atom stereocenters. The number of hydrogen-bond acceptors (Lipinski definition) is 6. The van der Waals surface area contributed by atoms with Crippen LogP contribution in [-0.2, 0) is 11.3 Å². The molecule has 36 heavy (non-hydrogen) atoms. The van der Waals surface area contributed by atoms with Crippen LogP contribution in [-0.4, -0.2) is 79.1 Å². The number of nitrogens with one attached hydrogen (secondary N) is 1. The number of H-pyrrole nitrogens is 1. The fourth-order valence-electron chi connectivity index (χ4n) is 5.27. The van der Waals surface area contributed by atoms with Crippen LogP contribution in [0.3, 0.4) is 0 Å². The average molecular weight is 486 g/mol. The molecular weight excluding hydrogens is 458 g/mol. The van der Waals surface area contributed by atoms with Crippen molar-refractivity contribution in [2.75, 3.05) is 25.0 Å². The Morgan fingerprint density at radius 3 is 2.75 bits per heavy atom. The predicted octanol–water partition coefficient (Wildman–Crippen LogP) is 2.92. The summed E-state index contributed by atoms with van der Waals surface area (Å²) < 4.78 is 0. The van der Waals surface area contributed by atoms with Gasteiger partial charge in [0.15, 0.2) is 0 Å². The molecule has 0 spiro atoms. The summed E-state index contributed by atoms with van der Waals surface area (Å²) in [5.74, 6) is -0.273. The number of carbonyl (C=O) groups excluding carboxylic acids is 2. The van der Waals surface area contributed by atoms with Crippen molar-refractivity contribution in [2.24, 2.45) is 0 Å². The van der Waals surface area contributed by atoms with Gasteiger partial charge in [-0.25, -0.2) is 14.8 Å². The summed E-state index contributed by atoms with van der Waals surface area (Å²) >= 11 is 0. The number of fused-ring (bicyclic) bond motifs is 4. The summed E-state index contributed by atoms with van der Waals surface area (Å²) in [6, 6.07) is 7.70. The van der Waals surface area contributed by atoms with Crippen molar-refractivity contribution in [1.29, 1.82) is 0 Å². The van der Waals surface area contributed by atoms with Crippen LogP contribution in [0.5, 0.6) is 0 Å². The Morgan fingerprint density at radius 2 is 1.97 bits per heavy atom. The number of rotatable bonds is 3. The van der Waals surface area contributed by atoms with Gasteiger partial charge in [-0.15, -0.1) is 0 Å². The Kier molecular flexibility index (Phi) is 5.33. The molecule has 0 radical (unpaired) electrons. The SMILES string of the molecule is C[C@H](O)C(=O)N1CCC(N2C(=O)N(C)Cc3cnc4ccc(-c5cnc6[nH]ccc6c5)nc4c32)CC1. The molecule has 0 aromatic carbocycles. The maximum Gasteiger partial charge on any atom is 0.324 e. The molecule has 1 fully saturated rings. The van der Waals surface area contributed by atoms with E-state index in [1.54, 1.807) is 23.0 Å². The van der Waals surface area contributed by atoms with Crippen LogP contribution in [0, 0.1) is 0 Å². The van der Waals surface area contributed by atoms with Crippen molar-refractivity contribution >= 4 is 39.7 Å². The van der Waals surface area contributed by atoms with Crippen molar-refractivity contribution in [3.8, 4) is 11.3 Å². The number of aromatic nitrogens is 4. The molecule has 4 aromatic heterocycles. The number of piperidine rings is 1. The Hall–Kier alpha value is -4.05. The zero-order chi connectivity index (χ0) is 25.0. The van der Waals surface area contributed by atoms with Crippen molar-refractivity contribution < 1.29 is 14.7 Å². The van der Waals surface area contributed by atoms with E-state index in [9.17, 15) is 14.7 Å². The van der Waals surface area contributed by atoms with Gasteiger partial charge >= 0.3 is 6.03 Å². The molecule has 10 nitrogen and oxygen atoms in total. The van der Waals surface area contributed by atoms with Crippen molar-refractivity contribution in [3.05, 3.63) is 48.4 Å². The molecule has 0 bridgehead atoms. The number of aliphatic hydroxyl groups excluding tert-OH is 1. The van der Waals surface area contributed by atoms with E-state index in [1.807, 2.05) is 41.6 Å². The zero-order valence-electron chi connectivity index (χ0n) is 20.2. The normalized spacial score (nSPS) is 17.6. The molecular formula is C26H27N7O3. The lowest BCUT2D eigenvalue weighted by atomic mass is 9.99. The number of carbonyl (C=O) groups is 2. The first-order chi connectivity index (χ1) is 17.4. The third-order valence-corrected chi connectivity index (χ3v) is 7.14. The lowest BCUT2D eigenvalue weighted by molar-refractivity contribution is -0.140. The summed E-state index contributed by atoms with van der Waals surface area (Å²) in [6.07, 6.45) is 5.69. The second kappa shape index (κ2) is 8.56. The average Bonchev–Trinajstić information content (AvgIpc) is 3.37. The molecule has 4 aromatic rings. The van der Waals surface area contributed by atoms with Gasteiger partial charge in [0.25, 0.3) is 5.91 Å². The Bertz CT molecular complexity index is 1490. The molecule has 6 heterocycles. The highest BCUT2D eigenvalue weighted by atomic mass is 16.3. The van der Waals surface area contributed by atoms with E-state index in [1.165, 1.54) is 6.92 Å². The lowest BCUT2D eigenvalue weighted by Crippen LogP contribution is -2.55. The number of anilines is 1. The van der Waals surface area contributed by atoms with Gasteiger partial charge in [-0.2, -0.15) is 0 Å². The van der Waals surface area contributed by atoms with Gasteiger partial charge in [-0.05, 0) is 44.0 Å². The molecule has 1 saturated heterocycles. The zero-order valence-corrected chi connectivity index (χ0v) is 20.2. The van der Waals surface area contributed by atoms with Crippen LogP contribution >= 0.6 is 0 Å². The number of pyridine rings is 3. The first-order valence-corrected chi connectivity index (χ1v) is 12.1. The maximum atomic E-state index is 13.5. The smallest absolute Gasteiger partial charge is 0.324 e. The minimum atomic E-state index is -1.03. The third kappa shape index (κ3) is 3.65. The fraction of sp³-hybridized carbons (Fsp3) is 0.346. The van der Waals surface area contributed by atoms with Crippen LogP contribution in [0.15, 0.2) is 42.9 Å². The van der Waals surface area contributed by atoms with E-state index in [4.69, 9.17) is 4.98 Å². The van der Waals surface area contributed by atoms with Gasteiger partial charge in [-0.3, -0.25) is 14.7 Å². The highest BCUT2D eigenvalue weighted by molar-refractivity contribution is 6.04. The summed E-state index contributed by atoms with van der Waals surface area (Å²) in [4.78, 5) is 48.2. The molecule has 10 heteroatoms. The quantitative estimate of drug-likeness (QED) is 0.461. The Balaban J connectivity index is 1.42. The van der Waals surface area contributed by atoms with Gasteiger partial charge in [0.2, 0.25) is 0 Å². The van der Waals surface area contributed by atoms with Gasteiger partial charge < -0.3 is 19.9 Å². The van der Waals surface area contributed by atoms with E-state index in [0.29, 0.717) is 38.0 Å². The number of amides is 3. The number of nitrogens with zero attached hydrogens (tertiary/aromatic N) is 6. The third-order valence-electron chi connectivity index (χ3n) is 7.14. The Morgan fingerprint density at radius 1 is 1.17 bits per heavy atom. The van der Waals surface area contributed by atoms with Gasteiger partial charge in [0, 0.05) is 61.3 Å². The number of urea groups is 1. The number of likely N-dealkylation sites (tertiary alicyclic amines) is 1. The van der Waals surface area contributed by atoms with E-state index in [0.717, 1.165) is 39.1 Å². The minimum absolute atomic E-state index is 0.0853. The van der Waals surface area contributed by atoms with Crippen LogP contribution in [0.25, 0.3) is 33.3 Å². The number of aromatic amines is 1. The molecule has 184 valence electrons. The molecule has 2 aliphatic rings. The van der Waals surface area contributed by atoms with Gasteiger partial charge in [-0.1, -0.05) is 0 Å². The highest BCUT2D eigenvalue weighted by Gasteiger charge is 2.38. The Labute approximate surface area is 207 Å². The van der Waals surface area contributed by atoms with Crippen LogP contribution in [0.2, 0.25) is 0 Å². The molecule has 0 aliphatic carbocycles. The lowest BCUT2D eigenvalue weighted by Gasteiger charge is -2.43. The summed E-state index contributed by atoms with van der Waals surface area (Å²) in [7, 11) is 1.79. The molecule has 0 saturated carbocycles.